The minimum absolute atomic E-state index is 0.0660. The van der Waals surface area contributed by atoms with Crippen LogP contribution in [0.5, 0.6) is 0 Å². The van der Waals surface area contributed by atoms with Crippen molar-refractivity contribution in [3.63, 3.8) is 0 Å². The van der Waals surface area contributed by atoms with Gasteiger partial charge in [0.15, 0.2) is 22.7 Å². The van der Waals surface area contributed by atoms with E-state index in [1.807, 2.05) is 0 Å². The summed E-state index contributed by atoms with van der Waals surface area (Å²) in [7, 11) is 0.302. The number of oxime groups is 1. The number of hydrogen-bond donors (Lipinski definition) is 2. The van der Waals surface area contributed by atoms with E-state index in [0.29, 0.717) is 33.0 Å². The summed E-state index contributed by atoms with van der Waals surface area (Å²) in [6.45, 7) is 4.58. The molecule has 0 saturated carbocycles. The molecule has 0 radical (unpaired) electrons. The van der Waals surface area contributed by atoms with E-state index in [2.05, 4.69) is 15.5 Å². The van der Waals surface area contributed by atoms with Crippen molar-refractivity contribution in [2.75, 3.05) is 5.73 Å². The zero-order chi connectivity index (χ0) is 20.0. The van der Waals surface area contributed by atoms with Gasteiger partial charge < -0.3 is 20.5 Å². The van der Waals surface area contributed by atoms with E-state index in [-0.39, 0.29) is 34.4 Å². The third-order valence-electron chi connectivity index (χ3n) is 3.86. The largest absolute Gasteiger partial charge is 0.434 e. The van der Waals surface area contributed by atoms with E-state index in [0.717, 1.165) is 0 Å². The maximum absolute atomic E-state index is 12.7. The van der Waals surface area contributed by atoms with Crippen molar-refractivity contribution in [3.05, 3.63) is 11.1 Å². The lowest BCUT2D eigenvalue weighted by molar-refractivity contribution is -0.127. The first-order chi connectivity index (χ1) is 12.7. The molecule has 11 heteroatoms. The van der Waals surface area contributed by atoms with Crippen LogP contribution in [0.25, 0.3) is 0 Å². The zero-order valence-corrected chi connectivity index (χ0v) is 16.4. The number of aromatic nitrogens is 1. The van der Waals surface area contributed by atoms with Gasteiger partial charge in [-0.1, -0.05) is 5.16 Å². The smallest absolute Gasteiger partial charge is 0.297 e. The van der Waals surface area contributed by atoms with Gasteiger partial charge in [-0.05, 0) is 33.6 Å². The van der Waals surface area contributed by atoms with Gasteiger partial charge in [-0.15, -0.1) is 11.3 Å². The van der Waals surface area contributed by atoms with Crippen LogP contribution >= 0.6 is 11.3 Å². The summed E-state index contributed by atoms with van der Waals surface area (Å²) >= 11 is 1.17. The Morgan fingerprint density at radius 3 is 2.81 bits per heavy atom. The number of carbonyl (C=O) groups is 3. The first-order valence-corrected chi connectivity index (χ1v) is 9.44. The van der Waals surface area contributed by atoms with E-state index in [1.54, 1.807) is 5.38 Å². The number of thiazole rings is 1. The molecule has 0 aromatic carbocycles. The van der Waals surface area contributed by atoms with Crippen molar-refractivity contribution in [1.29, 1.82) is 0 Å². The zero-order valence-electron chi connectivity index (χ0n) is 15.6. The Balaban J connectivity index is 2.05. The molecule has 1 aliphatic rings. The second-order valence-electron chi connectivity index (χ2n) is 6.93. The van der Waals surface area contributed by atoms with Crippen LogP contribution < -0.4 is 11.1 Å². The highest BCUT2D eigenvalue weighted by Gasteiger charge is 2.28. The van der Waals surface area contributed by atoms with Crippen LogP contribution in [0.1, 0.15) is 45.7 Å². The maximum Gasteiger partial charge on any atom is 0.297 e. The van der Waals surface area contributed by atoms with Crippen LogP contribution in [0.2, 0.25) is 0 Å². The molecule has 1 aliphatic heterocycles. The fraction of sp³-hybridized carbons (Fsp3) is 0.562. The van der Waals surface area contributed by atoms with Gasteiger partial charge in [-0.3, -0.25) is 14.4 Å². The number of carbonyl (C=O) groups excluding carboxylic acids is 3. The monoisotopic (exact) mass is 394 g/mol. The Bertz CT molecular complexity index is 728. The van der Waals surface area contributed by atoms with Crippen LogP contribution in [-0.4, -0.2) is 53.8 Å². The molecule has 0 bridgehead atoms. The lowest BCUT2D eigenvalue weighted by Crippen LogP contribution is -2.47. The molecule has 146 valence electrons. The fourth-order valence-electron chi connectivity index (χ4n) is 2.44. The second-order valence-corrected chi connectivity index (χ2v) is 7.82. The van der Waals surface area contributed by atoms with Crippen molar-refractivity contribution < 1.29 is 23.9 Å². The maximum atomic E-state index is 12.7. The molecule has 0 aliphatic carbocycles. The molecule has 27 heavy (non-hydrogen) atoms. The minimum Gasteiger partial charge on any atom is -0.434 e. The number of nitrogens with two attached hydrogens (primary N) is 1. The lowest BCUT2D eigenvalue weighted by Gasteiger charge is -2.28. The minimum atomic E-state index is -1.18. The van der Waals surface area contributed by atoms with Gasteiger partial charge in [0.2, 0.25) is 0 Å². The number of rotatable bonds is 8. The first kappa shape index (κ1) is 21.0. The molecule has 1 aromatic heterocycles. The molecule has 2 rings (SSSR count). The summed E-state index contributed by atoms with van der Waals surface area (Å²) < 4.78 is 5.64. The normalized spacial score (nSPS) is 20.5. The van der Waals surface area contributed by atoms with E-state index in [9.17, 15) is 14.4 Å². The summed E-state index contributed by atoms with van der Waals surface area (Å²) in [5.74, 6) is -0.644. The quantitative estimate of drug-likeness (QED) is 0.282. The number of nitrogens with zero attached hydrogens (tertiary/aromatic N) is 2. The van der Waals surface area contributed by atoms with Gasteiger partial charge in [-0.25, -0.2) is 4.98 Å². The Morgan fingerprint density at radius 2 is 2.30 bits per heavy atom. The predicted molar refractivity (Wildman–Crippen MR) is 103 cm³/mol. The van der Waals surface area contributed by atoms with Gasteiger partial charge in [0.05, 0.1) is 0 Å². The average molecular weight is 394 g/mol. The topological polar surface area (TPSA) is 133 Å². The van der Waals surface area contributed by atoms with E-state index < -0.39 is 11.5 Å². The SMILES string of the molecule is CC(=O)CC1CCC(NC(=O)/C(=N\OC(C)(C)C=O)c2csc(N)n2)BO1. The summed E-state index contributed by atoms with van der Waals surface area (Å²) in [5, 5.41) is 8.55. The summed E-state index contributed by atoms with van der Waals surface area (Å²) in [5.41, 5.74) is 4.66. The second kappa shape index (κ2) is 9.09. The number of Topliss-reactive ketones (excluding diaryl/α,β-unsaturated/α-hetero) is 1. The Kier molecular flexibility index (Phi) is 7.08. The van der Waals surface area contributed by atoms with Gasteiger partial charge in [0, 0.05) is 23.8 Å². The molecular formula is C16H23BN4O5S. The molecule has 2 atom stereocenters. The van der Waals surface area contributed by atoms with Crippen molar-refractivity contribution in [3.8, 4) is 0 Å². The van der Waals surface area contributed by atoms with E-state index in [1.165, 1.54) is 32.1 Å². The molecule has 1 aromatic rings. The van der Waals surface area contributed by atoms with Crippen LogP contribution in [0, 0.1) is 0 Å². The Hall–Kier alpha value is -2.27. The highest BCUT2D eigenvalue weighted by atomic mass is 32.1. The molecule has 3 N–H and O–H groups in total. The number of hydrogen-bond acceptors (Lipinski definition) is 9. The number of nitrogen functional groups attached to an aromatic ring is 1. The first-order valence-electron chi connectivity index (χ1n) is 8.56. The number of anilines is 1. The van der Waals surface area contributed by atoms with Crippen molar-refractivity contribution >= 4 is 47.6 Å². The fourth-order valence-corrected chi connectivity index (χ4v) is 2.99. The highest BCUT2D eigenvalue weighted by Crippen LogP contribution is 2.17. The third kappa shape index (κ3) is 6.44. The highest BCUT2D eigenvalue weighted by molar-refractivity contribution is 7.13. The molecule has 1 amide bonds. The standard InChI is InChI=1S/C16H23BN4O5S/c1-9(23)6-10-4-5-12(17-25-10)20-14(24)13(11-7-27-15(18)19-11)21-26-16(2,3)8-22/h7-8,10,12,17H,4-6H2,1-3H3,(H2,18,19)(H,20,24)/b21-13-. The van der Waals surface area contributed by atoms with Gasteiger partial charge in [-0.2, -0.15) is 0 Å². The number of aldehydes is 1. The third-order valence-corrected chi connectivity index (χ3v) is 4.53. The Morgan fingerprint density at radius 1 is 1.56 bits per heavy atom. The molecular weight excluding hydrogens is 371 g/mol. The molecule has 1 fully saturated rings. The van der Waals surface area contributed by atoms with Crippen molar-refractivity contribution in [1.82, 2.24) is 10.3 Å². The van der Waals surface area contributed by atoms with Crippen LogP contribution in [0.3, 0.4) is 0 Å². The average Bonchev–Trinajstić information content (AvgIpc) is 3.02. The van der Waals surface area contributed by atoms with E-state index in [4.69, 9.17) is 15.2 Å². The summed E-state index contributed by atoms with van der Waals surface area (Å²) in [6, 6.07) is 0. The van der Waals surface area contributed by atoms with Crippen LogP contribution in [0.15, 0.2) is 10.5 Å². The molecule has 2 unspecified atom stereocenters. The summed E-state index contributed by atoms with van der Waals surface area (Å²) in [6.07, 6.45) is 2.21. The number of nitrogens with one attached hydrogen (secondary N) is 1. The molecule has 1 saturated heterocycles. The number of ketones is 1. The van der Waals surface area contributed by atoms with Gasteiger partial charge in [0.25, 0.3) is 13.4 Å². The van der Waals surface area contributed by atoms with Crippen molar-refractivity contribution in [2.24, 2.45) is 5.16 Å². The predicted octanol–water partition coefficient (Wildman–Crippen LogP) is 0.375. The molecule has 2 heterocycles. The van der Waals surface area contributed by atoms with Gasteiger partial charge in [0.1, 0.15) is 11.5 Å². The van der Waals surface area contributed by atoms with Gasteiger partial charge >= 0.3 is 0 Å². The van der Waals surface area contributed by atoms with Crippen LogP contribution in [-0.2, 0) is 23.9 Å². The number of amides is 1. The lowest BCUT2D eigenvalue weighted by atomic mass is 9.79. The summed E-state index contributed by atoms with van der Waals surface area (Å²) in [4.78, 5) is 44.1. The van der Waals surface area contributed by atoms with Crippen LogP contribution in [0.4, 0.5) is 5.13 Å². The van der Waals surface area contributed by atoms with Crippen molar-refractivity contribution in [2.45, 2.75) is 57.7 Å². The molecule has 9 nitrogen and oxygen atoms in total. The molecule has 0 spiro atoms. The Labute approximate surface area is 162 Å². The van der Waals surface area contributed by atoms with E-state index >= 15 is 0 Å².